The average Bonchev–Trinajstić information content (AvgIpc) is 1.60. The van der Waals surface area contributed by atoms with Crippen molar-refractivity contribution in [2.24, 2.45) is 5.73 Å². The Kier molecular flexibility index (Phi) is 1.78. The topological polar surface area (TPSA) is 46.2 Å². The minimum Gasteiger partial charge on any atom is -0.390 e. The van der Waals surface area contributed by atoms with Crippen LogP contribution in [0.25, 0.3) is 0 Å². The van der Waals surface area contributed by atoms with Gasteiger partial charge in [0.05, 0.1) is 5.60 Å². The molecule has 2 nitrogen and oxygen atoms in total. The summed E-state index contributed by atoms with van der Waals surface area (Å²) in [6.45, 7) is 1.87. The number of hydrogen-bond donors (Lipinski definition) is 2. The molecule has 0 radical (unpaired) electrons. The Balaban J connectivity index is 2.41. The second-order valence-corrected chi connectivity index (χ2v) is 3.35. The summed E-state index contributed by atoms with van der Waals surface area (Å²) in [6.07, 6.45) is 3.85. The zero-order valence-electron chi connectivity index (χ0n) is 5.93. The van der Waals surface area contributed by atoms with Gasteiger partial charge in [0, 0.05) is 6.04 Å². The van der Waals surface area contributed by atoms with Crippen LogP contribution in [-0.4, -0.2) is 16.7 Å². The summed E-state index contributed by atoms with van der Waals surface area (Å²) in [5.41, 5.74) is 5.18. The molecule has 0 heterocycles. The highest BCUT2D eigenvalue weighted by Gasteiger charge is 2.27. The fourth-order valence-electron chi connectivity index (χ4n) is 1.51. The fourth-order valence-corrected chi connectivity index (χ4v) is 1.51. The Labute approximate surface area is 56.1 Å². The third-order valence-corrected chi connectivity index (χ3v) is 1.99. The molecule has 0 saturated heterocycles. The summed E-state index contributed by atoms with van der Waals surface area (Å²) in [5, 5.41) is 9.46. The number of aliphatic hydroxyl groups is 1. The molecule has 1 aliphatic rings. The molecular formula is C7H15NO. The Morgan fingerprint density at radius 1 is 1.67 bits per heavy atom. The number of rotatable bonds is 0. The molecule has 0 aromatic carbocycles. The first kappa shape index (κ1) is 7.03. The first-order chi connectivity index (χ1) is 4.10. The maximum Gasteiger partial charge on any atom is 0.0634 e. The Bertz CT molecular complexity index is 101. The summed E-state index contributed by atoms with van der Waals surface area (Å²) >= 11 is 0. The third kappa shape index (κ3) is 1.95. The molecule has 1 fully saturated rings. The van der Waals surface area contributed by atoms with E-state index in [0.29, 0.717) is 0 Å². The lowest BCUT2D eigenvalue weighted by Crippen LogP contribution is -2.38. The molecule has 2 atom stereocenters. The molecule has 0 amide bonds. The molecule has 9 heavy (non-hydrogen) atoms. The van der Waals surface area contributed by atoms with E-state index in [4.69, 9.17) is 5.73 Å². The minimum atomic E-state index is -0.475. The van der Waals surface area contributed by atoms with Crippen molar-refractivity contribution in [3.8, 4) is 0 Å². The van der Waals surface area contributed by atoms with Crippen molar-refractivity contribution in [2.45, 2.75) is 44.2 Å². The predicted molar refractivity (Wildman–Crippen MR) is 37.1 cm³/mol. The fraction of sp³-hybridized carbons (Fsp3) is 1.00. The molecular weight excluding hydrogens is 114 g/mol. The van der Waals surface area contributed by atoms with E-state index in [1.807, 2.05) is 6.92 Å². The van der Waals surface area contributed by atoms with Crippen molar-refractivity contribution >= 4 is 0 Å². The van der Waals surface area contributed by atoms with Crippen LogP contribution in [0.3, 0.4) is 0 Å². The largest absolute Gasteiger partial charge is 0.390 e. The van der Waals surface area contributed by atoms with E-state index in [0.717, 1.165) is 25.7 Å². The summed E-state index contributed by atoms with van der Waals surface area (Å²) < 4.78 is 0. The SMILES string of the molecule is CC1(O)CCC[C@@H](N)C1. The van der Waals surface area contributed by atoms with Crippen LogP contribution in [-0.2, 0) is 0 Å². The summed E-state index contributed by atoms with van der Waals surface area (Å²) in [5.74, 6) is 0. The van der Waals surface area contributed by atoms with Crippen LogP contribution in [0.2, 0.25) is 0 Å². The minimum absolute atomic E-state index is 0.230. The molecule has 1 saturated carbocycles. The van der Waals surface area contributed by atoms with Gasteiger partial charge >= 0.3 is 0 Å². The highest BCUT2D eigenvalue weighted by Crippen LogP contribution is 2.26. The third-order valence-electron chi connectivity index (χ3n) is 1.99. The lowest BCUT2D eigenvalue weighted by Gasteiger charge is -2.31. The van der Waals surface area contributed by atoms with Gasteiger partial charge in [-0.05, 0) is 32.6 Å². The van der Waals surface area contributed by atoms with Crippen molar-refractivity contribution in [1.29, 1.82) is 0 Å². The quantitative estimate of drug-likeness (QED) is 0.504. The molecule has 54 valence electrons. The summed E-state index contributed by atoms with van der Waals surface area (Å²) in [7, 11) is 0. The summed E-state index contributed by atoms with van der Waals surface area (Å²) in [6, 6.07) is 0.230. The van der Waals surface area contributed by atoms with Crippen molar-refractivity contribution < 1.29 is 5.11 Å². The van der Waals surface area contributed by atoms with Crippen LogP contribution in [0.5, 0.6) is 0 Å². The molecule has 0 bridgehead atoms. The second-order valence-electron chi connectivity index (χ2n) is 3.35. The molecule has 2 heteroatoms. The number of hydrogen-bond acceptors (Lipinski definition) is 2. The van der Waals surface area contributed by atoms with Crippen molar-refractivity contribution in [3.63, 3.8) is 0 Å². The van der Waals surface area contributed by atoms with Crippen LogP contribution in [0.4, 0.5) is 0 Å². The van der Waals surface area contributed by atoms with Gasteiger partial charge in [0.2, 0.25) is 0 Å². The van der Waals surface area contributed by atoms with Gasteiger partial charge in [-0.25, -0.2) is 0 Å². The van der Waals surface area contributed by atoms with Gasteiger partial charge in [-0.15, -0.1) is 0 Å². The van der Waals surface area contributed by atoms with E-state index in [2.05, 4.69) is 0 Å². The van der Waals surface area contributed by atoms with E-state index in [9.17, 15) is 5.11 Å². The summed E-state index contributed by atoms with van der Waals surface area (Å²) in [4.78, 5) is 0. The Morgan fingerprint density at radius 2 is 2.33 bits per heavy atom. The zero-order valence-corrected chi connectivity index (χ0v) is 5.93. The van der Waals surface area contributed by atoms with Crippen LogP contribution in [0.15, 0.2) is 0 Å². The van der Waals surface area contributed by atoms with E-state index < -0.39 is 5.60 Å². The highest BCUT2D eigenvalue weighted by molar-refractivity contribution is 4.83. The highest BCUT2D eigenvalue weighted by atomic mass is 16.3. The lowest BCUT2D eigenvalue weighted by atomic mass is 9.84. The molecule has 0 aromatic heterocycles. The second kappa shape index (κ2) is 2.27. The van der Waals surface area contributed by atoms with Crippen LogP contribution in [0.1, 0.15) is 32.6 Å². The molecule has 1 aliphatic carbocycles. The van der Waals surface area contributed by atoms with E-state index in [-0.39, 0.29) is 6.04 Å². The molecule has 1 rings (SSSR count). The molecule has 0 aromatic rings. The number of nitrogens with two attached hydrogens (primary N) is 1. The van der Waals surface area contributed by atoms with Gasteiger partial charge in [0.15, 0.2) is 0 Å². The molecule has 3 N–H and O–H groups in total. The lowest BCUT2D eigenvalue weighted by molar-refractivity contribution is 0.0156. The van der Waals surface area contributed by atoms with Gasteiger partial charge in [-0.3, -0.25) is 0 Å². The molecule has 0 aliphatic heterocycles. The van der Waals surface area contributed by atoms with E-state index in [1.54, 1.807) is 0 Å². The predicted octanol–water partition coefficient (Wildman–Crippen LogP) is 0.639. The monoisotopic (exact) mass is 129 g/mol. The van der Waals surface area contributed by atoms with Crippen molar-refractivity contribution in [2.75, 3.05) is 0 Å². The van der Waals surface area contributed by atoms with E-state index in [1.165, 1.54) is 0 Å². The first-order valence-electron chi connectivity index (χ1n) is 3.58. The van der Waals surface area contributed by atoms with Gasteiger partial charge in [-0.2, -0.15) is 0 Å². The standard InChI is InChI=1S/C7H15NO/c1-7(9)4-2-3-6(8)5-7/h6,9H,2-5,8H2,1H3/t6-,7?/m1/s1. The van der Waals surface area contributed by atoms with Gasteiger partial charge in [0.25, 0.3) is 0 Å². The maximum atomic E-state index is 9.46. The maximum absolute atomic E-state index is 9.46. The Hall–Kier alpha value is -0.0800. The van der Waals surface area contributed by atoms with Gasteiger partial charge in [0.1, 0.15) is 0 Å². The van der Waals surface area contributed by atoms with Crippen LogP contribution >= 0.6 is 0 Å². The zero-order chi connectivity index (χ0) is 6.91. The Morgan fingerprint density at radius 3 is 2.67 bits per heavy atom. The normalized spacial score (nSPS) is 45.0. The van der Waals surface area contributed by atoms with Gasteiger partial charge < -0.3 is 10.8 Å². The van der Waals surface area contributed by atoms with Crippen LogP contribution in [0, 0.1) is 0 Å². The average molecular weight is 129 g/mol. The van der Waals surface area contributed by atoms with Crippen molar-refractivity contribution in [3.05, 3.63) is 0 Å². The van der Waals surface area contributed by atoms with Gasteiger partial charge in [-0.1, -0.05) is 0 Å². The first-order valence-corrected chi connectivity index (χ1v) is 3.58. The van der Waals surface area contributed by atoms with Crippen LogP contribution < -0.4 is 5.73 Å². The smallest absolute Gasteiger partial charge is 0.0634 e. The van der Waals surface area contributed by atoms with Crippen molar-refractivity contribution in [1.82, 2.24) is 0 Å². The van der Waals surface area contributed by atoms with E-state index >= 15 is 0 Å². The molecule has 1 unspecified atom stereocenters. The molecule has 0 spiro atoms.